The van der Waals surface area contributed by atoms with Crippen LogP contribution in [0.4, 0.5) is 5.69 Å². The van der Waals surface area contributed by atoms with Crippen molar-refractivity contribution in [1.29, 1.82) is 0 Å². The van der Waals surface area contributed by atoms with E-state index in [-0.39, 0.29) is 29.6 Å². The maximum atomic E-state index is 12.2. The second-order valence-electron chi connectivity index (χ2n) is 5.62. The van der Waals surface area contributed by atoms with Crippen molar-refractivity contribution in [2.24, 2.45) is 0 Å². The van der Waals surface area contributed by atoms with E-state index >= 15 is 0 Å². The van der Waals surface area contributed by atoms with E-state index in [2.05, 4.69) is 27.5 Å². The second kappa shape index (κ2) is 10.1. The third kappa shape index (κ3) is 6.31. The molecule has 1 heterocycles. The number of aromatic nitrogens is 2. The first-order valence-corrected chi connectivity index (χ1v) is 9.66. The predicted molar refractivity (Wildman–Crippen MR) is 105 cm³/mol. The van der Waals surface area contributed by atoms with E-state index in [1.807, 2.05) is 31.2 Å². The minimum absolute atomic E-state index is 0.124. The van der Waals surface area contributed by atoms with Gasteiger partial charge in [0.25, 0.3) is 5.91 Å². The third-order valence-electron chi connectivity index (χ3n) is 3.35. The van der Waals surface area contributed by atoms with Gasteiger partial charge in [-0.15, -0.1) is 0 Å². The van der Waals surface area contributed by atoms with Crippen molar-refractivity contribution in [3.63, 3.8) is 0 Å². The number of thioether (sulfide) groups is 1. The summed E-state index contributed by atoms with van der Waals surface area (Å²) in [6.07, 6.45) is 2.56. The summed E-state index contributed by atoms with van der Waals surface area (Å²) >= 11 is 7.48. The molecule has 8 heteroatoms. The number of halogens is 1. The number of carbonyl (C=O) groups excluding carboxylic acids is 2. The highest BCUT2D eigenvalue weighted by atomic mass is 35.5. The molecular formula is C18H21ClN4O2S. The van der Waals surface area contributed by atoms with Crippen molar-refractivity contribution in [1.82, 2.24) is 15.3 Å². The van der Waals surface area contributed by atoms with Crippen molar-refractivity contribution in [2.75, 3.05) is 17.6 Å². The van der Waals surface area contributed by atoms with Gasteiger partial charge in [0.2, 0.25) is 5.91 Å². The van der Waals surface area contributed by atoms with E-state index in [0.29, 0.717) is 5.16 Å². The van der Waals surface area contributed by atoms with Crippen LogP contribution in [0.5, 0.6) is 0 Å². The van der Waals surface area contributed by atoms with Gasteiger partial charge >= 0.3 is 0 Å². The number of nitrogens with one attached hydrogen (secondary N) is 2. The van der Waals surface area contributed by atoms with Gasteiger partial charge in [0.15, 0.2) is 10.9 Å². The summed E-state index contributed by atoms with van der Waals surface area (Å²) in [5.74, 6) is 0.267. The van der Waals surface area contributed by atoms with Crippen molar-refractivity contribution in [3.05, 3.63) is 46.7 Å². The number of aryl methyl sites for hydroxylation is 1. The molecule has 0 atom stereocenters. The van der Waals surface area contributed by atoms with E-state index in [1.165, 1.54) is 18.0 Å². The molecular weight excluding hydrogens is 372 g/mol. The Morgan fingerprint density at radius 1 is 1.23 bits per heavy atom. The van der Waals surface area contributed by atoms with Crippen LogP contribution >= 0.6 is 23.4 Å². The summed E-state index contributed by atoms with van der Waals surface area (Å²) in [4.78, 5) is 32.5. The normalized spacial score (nSPS) is 10.4. The van der Waals surface area contributed by atoms with E-state index < -0.39 is 5.91 Å². The van der Waals surface area contributed by atoms with Crippen molar-refractivity contribution in [3.8, 4) is 0 Å². The lowest BCUT2D eigenvalue weighted by Gasteiger charge is -2.08. The quantitative estimate of drug-likeness (QED) is 0.528. The molecule has 2 aromatic rings. The van der Waals surface area contributed by atoms with Crippen LogP contribution in [0.2, 0.25) is 5.02 Å². The van der Waals surface area contributed by atoms with Gasteiger partial charge in [-0.3, -0.25) is 9.59 Å². The Balaban J connectivity index is 1.84. The fourth-order valence-corrected chi connectivity index (χ4v) is 2.85. The highest BCUT2D eigenvalue weighted by molar-refractivity contribution is 7.99. The van der Waals surface area contributed by atoms with Crippen LogP contribution in [0.3, 0.4) is 0 Å². The molecule has 0 radical (unpaired) electrons. The first-order valence-electron chi connectivity index (χ1n) is 8.29. The van der Waals surface area contributed by atoms with Crippen LogP contribution in [-0.4, -0.2) is 34.1 Å². The molecule has 0 bridgehead atoms. The van der Waals surface area contributed by atoms with E-state index in [9.17, 15) is 9.59 Å². The molecule has 0 unspecified atom stereocenters. The Labute approximate surface area is 162 Å². The number of rotatable bonds is 8. The molecule has 0 spiro atoms. The Hall–Kier alpha value is -2.12. The Morgan fingerprint density at radius 3 is 2.65 bits per heavy atom. The summed E-state index contributed by atoms with van der Waals surface area (Å²) in [5, 5.41) is 6.15. The molecule has 0 fully saturated rings. The van der Waals surface area contributed by atoms with Crippen LogP contribution in [-0.2, 0) is 4.79 Å². The lowest BCUT2D eigenvalue weighted by Crippen LogP contribution is -2.28. The van der Waals surface area contributed by atoms with Gasteiger partial charge in [0.05, 0.1) is 11.2 Å². The van der Waals surface area contributed by atoms with Crippen LogP contribution in [0, 0.1) is 6.92 Å². The molecule has 0 saturated heterocycles. The van der Waals surface area contributed by atoms with Gasteiger partial charge in [0.1, 0.15) is 0 Å². The van der Waals surface area contributed by atoms with Crippen LogP contribution < -0.4 is 10.6 Å². The molecule has 2 N–H and O–H groups in total. The van der Waals surface area contributed by atoms with Gasteiger partial charge in [-0.2, -0.15) is 0 Å². The number of hydrogen-bond acceptors (Lipinski definition) is 5. The molecule has 2 rings (SSSR count). The molecule has 138 valence electrons. The largest absolute Gasteiger partial charge is 0.350 e. The molecule has 0 aliphatic rings. The smallest absolute Gasteiger partial charge is 0.271 e. The summed E-state index contributed by atoms with van der Waals surface area (Å²) in [6.45, 7) is 4.22. The maximum Gasteiger partial charge on any atom is 0.271 e. The topological polar surface area (TPSA) is 84.0 Å². The van der Waals surface area contributed by atoms with E-state index in [0.717, 1.165) is 23.4 Å². The Kier molecular flexibility index (Phi) is 7.87. The number of amides is 2. The molecule has 2 amide bonds. The third-order valence-corrected chi connectivity index (χ3v) is 4.69. The van der Waals surface area contributed by atoms with E-state index in [1.54, 1.807) is 0 Å². The fraction of sp³-hybridized carbons (Fsp3) is 0.333. The molecule has 1 aromatic carbocycles. The predicted octanol–water partition coefficient (Wildman–Crippen LogP) is 3.70. The van der Waals surface area contributed by atoms with Crippen LogP contribution in [0.25, 0.3) is 0 Å². The van der Waals surface area contributed by atoms with Crippen molar-refractivity contribution < 1.29 is 9.59 Å². The van der Waals surface area contributed by atoms with Crippen LogP contribution in [0.1, 0.15) is 35.8 Å². The first kappa shape index (κ1) is 20.2. The summed E-state index contributed by atoms with van der Waals surface area (Å²) in [5.41, 5.74) is 1.97. The average Bonchev–Trinajstić information content (AvgIpc) is 2.63. The second-order valence-corrected chi connectivity index (χ2v) is 7.09. The van der Waals surface area contributed by atoms with Crippen molar-refractivity contribution in [2.45, 2.75) is 31.8 Å². The summed E-state index contributed by atoms with van der Waals surface area (Å²) in [6, 6.07) is 7.51. The molecule has 0 aliphatic carbocycles. The summed E-state index contributed by atoms with van der Waals surface area (Å²) < 4.78 is 0. The van der Waals surface area contributed by atoms with Crippen molar-refractivity contribution >= 4 is 40.9 Å². The fourth-order valence-electron chi connectivity index (χ4n) is 2.01. The highest BCUT2D eigenvalue weighted by Crippen LogP contribution is 2.18. The number of benzene rings is 1. The van der Waals surface area contributed by atoms with Crippen LogP contribution in [0.15, 0.2) is 35.6 Å². The highest BCUT2D eigenvalue weighted by Gasteiger charge is 2.14. The lowest BCUT2D eigenvalue weighted by molar-refractivity contribution is -0.116. The van der Waals surface area contributed by atoms with Gasteiger partial charge in [-0.05, 0) is 25.5 Å². The Morgan fingerprint density at radius 2 is 1.96 bits per heavy atom. The molecule has 26 heavy (non-hydrogen) atoms. The first-order chi connectivity index (χ1) is 12.5. The zero-order valence-electron chi connectivity index (χ0n) is 14.7. The standard InChI is InChI=1S/C18H21ClN4O2S/c1-3-10-26-18-21-11-14(19)16(23-18)17(25)20-9-8-15(24)22-13-6-4-12(2)5-7-13/h4-7,11H,3,8-10H2,1-2H3,(H,20,25)(H,22,24). The summed E-state index contributed by atoms with van der Waals surface area (Å²) in [7, 11) is 0. The molecule has 0 saturated carbocycles. The number of carbonyl (C=O) groups is 2. The maximum absolute atomic E-state index is 12.2. The number of nitrogens with zero attached hydrogens (tertiary/aromatic N) is 2. The van der Waals surface area contributed by atoms with E-state index in [4.69, 9.17) is 11.6 Å². The Bertz CT molecular complexity index is 768. The monoisotopic (exact) mass is 392 g/mol. The van der Waals surface area contributed by atoms with Gasteiger partial charge in [-0.25, -0.2) is 9.97 Å². The molecule has 0 aliphatic heterocycles. The molecule has 6 nitrogen and oxygen atoms in total. The number of hydrogen-bond donors (Lipinski definition) is 2. The van der Waals surface area contributed by atoms with Gasteiger partial charge < -0.3 is 10.6 Å². The lowest BCUT2D eigenvalue weighted by atomic mass is 10.2. The molecule has 1 aromatic heterocycles. The van der Waals surface area contributed by atoms with Gasteiger partial charge in [-0.1, -0.05) is 48.0 Å². The zero-order valence-corrected chi connectivity index (χ0v) is 16.3. The average molecular weight is 393 g/mol. The zero-order chi connectivity index (χ0) is 18.9. The number of anilines is 1. The minimum Gasteiger partial charge on any atom is -0.350 e. The SMILES string of the molecule is CCCSc1ncc(Cl)c(C(=O)NCCC(=O)Nc2ccc(C)cc2)n1. The minimum atomic E-state index is -0.418. The van der Waals surface area contributed by atoms with Gasteiger partial charge in [0, 0.05) is 24.4 Å².